The summed E-state index contributed by atoms with van der Waals surface area (Å²) in [4.78, 5) is 4.81. The van der Waals surface area contributed by atoms with E-state index in [9.17, 15) is 0 Å². The first-order valence-corrected chi connectivity index (χ1v) is 7.95. The average molecular weight is 302 g/mol. The maximum atomic E-state index is 4.81. The Balaban J connectivity index is 2.00. The van der Waals surface area contributed by atoms with Gasteiger partial charge in [-0.1, -0.05) is 48.5 Å². The summed E-state index contributed by atoms with van der Waals surface area (Å²) in [5.74, 6) is 0. The largest absolute Gasteiger partial charge is 0.264 e. The van der Waals surface area contributed by atoms with Gasteiger partial charge in [-0.15, -0.1) is 0 Å². The number of para-hydroxylation sites is 3. The lowest BCUT2D eigenvalue weighted by Gasteiger charge is -2.02. The quantitative estimate of drug-likeness (QED) is 0.500. The summed E-state index contributed by atoms with van der Waals surface area (Å²) in [7, 11) is 0. The number of benzene rings is 3. The van der Waals surface area contributed by atoms with Crippen LogP contribution in [0.1, 0.15) is 0 Å². The van der Waals surface area contributed by atoms with Crippen molar-refractivity contribution in [3.05, 3.63) is 89.6 Å². The Labute approximate surface area is 132 Å². The van der Waals surface area contributed by atoms with Crippen LogP contribution in [0.3, 0.4) is 0 Å². The number of hydrogen-bond donors (Lipinski definition) is 0. The molecule has 0 radical (unpaired) electrons. The smallest absolute Gasteiger partial charge is 0.143 e. The maximum Gasteiger partial charge on any atom is 0.143 e. The van der Waals surface area contributed by atoms with E-state index >= 15 is 0 Å². The zero-order valence-electron chi connectivity index (χ0n) is 11.9. The Morgan fingerprint density at radius 3 is 2.09 bits per heavy atom. The van der Waals surface area contributed by atoms with Gasteiger partial charge in [0, 0.05) is 5.39 Å². The second-order valence-corrected chi connectivity index (χ2v) is 5.93. The lowest BCUT2D eigenvalue weighted by Crippen LogP contribution is -1.91. The van der Waals surface area contributed by atoms with Crippen LogP contribution in [0.2, 0.25) is 0 Å². The van der Waals surface area contributed by atoms with Crippen molar-refractivity contribution in [3.63, 3.8) is 0 Å². The molecule has 0 aliphatic rings. The first-order valence-electron chi connectivity index (χ1n) is 7.18. The molecule has 0 amide bonds. The van der Waals surface area contributed by atoms with Gasteiger partial charge in [-0.2, -0.15) is 0 Å². The first kappa shape index (κ1) is 13.0. The zero-order valence-corrected chi connectivity index (χ0v) is 12.7. The highest BCUT2D eigenvalue weighted by Gasteiger charge is 2.06. The molecule has 0 saturated carbocycles. The molecule has 0 fully saturated rings. The zero-order chi connectivity index (χ0) is 14.8. The minimum absolute atomic E-state index is 0.981. The summed E-state index contributed by atoms with van der Waals surface area (Å²) in [6.07, 6.45) is 0. The predicted octanol–water partition coefficient (Wildman–Crippen LogP) is 4.92. The van der Waals surface area contributed by atoms with Crippen LogP contribution in [0.25, 0.3) is 16.6 Å². The Hall–Kier alpha value is -2.65. The summed E-state index contributed by atoms with van der Waals surface area (Å²) in [5.41, 5.74) is 3.33. The van der Waals surface area contributed by atoms with Crippen LogP contribution in [0.4, 0.5) is 5.69 Å². The molecule has 0 aliphatic carbocycles. The second-order valence-electron chi connectivity index (χ2n) is 4.99. The molecule has 1 heterocycles. The van der Waals surface area contributed by atoms with Gasteiger partial charge in [0.1, 0.15) is 4.67 Å². The van der Waals surface area contributed by atoms with Crippen LogP contribution in [0.5, 0.6) is 0 Å². The van der Waals surface area contributed by atoms with Crippen molar-refractivity contribution < 1.29 is 0 Å². The number of rotatable bonds is 2. The van der Waals surface area contributed by atoms with E-state index in [0.29, 0.717) is 0 Å². The Kier molecular flexibility index (Phi) is 3.33. The number of hydrogen-bond acceptors (Lipinski definition) is 2. The predicted molar refractivity (Wildman–Crippen MR) is 92.8 cm³/mol. The number of fused-ring (bicyclic) bond motifs is 1. The van der Waals surface area contributed by atoms with Gasteiger partial charge in [-0.05, 0) is 47.9 Å². The minimum atomic E-state index is 0.981. The van der Waals surface area contributed by atoms with Gasteiger partial charge in [0.05, 0.1) is 16.9 Å². The molecule has 0 spiro atoms. The molecule has 4 aromatic rings. The van der Waals surface area contributed by atoms with Gasteiger partial charge < -0.3 is 0 Å². The van der Waals surface area contributed by atoms with Gasteiger partial charge in [0.25, 0.3) is 0 Å². The molecule has 0 bridgehead atoms. The number of nitrogens with zero attached hydrogens (tertiary/aromatic N) is 2. The monoisotopic (exact) mass is 302 g/mol. The highest BCUT2D eigenvalue weighted by Crippen LogP contribution is 2.21. The molecule has 22 heavy (non-hydrogen) atoms. The standard InChI is InChI=1S/C19H14N2S/c1-3-9-15(10-4-1)20-19-17-13-7-8-14-18(17)21(22-19)16-11-5-2-6-12-16/h1-14H. The molecule has 0 aliphatic heterocycles. The molecule has 106 valence electrons. The summed E-state index contributed by atoms with van der Waals surface area (Å²) in [6, 6.07) is 28.9. The van der Waals surface area contributed by atoms with E-state index in [1.54, 1.807) is 11.5 Å². The van der Waals surface area contributed by atoms with Crippen LogP contribution in [-0.2, 0) is 0 Å². The fourth-order valence-electron chi connectivity index (χ4n) is 2.47. The molecule has 3 aromatic carbocycles. The van der Waals surface area contributed by atoms with Crippen molar-refractivity contribution in [2.24, 2.45) is 4.99 Å². The van der Waals surface area contributed by atoms with E-state index < -0.39 is 0 Å². The van der Waals surface area contributed by atoms with Gasteiger partial charge in [-0.25, -0.2) is 4.99 Å². The fourth-order valence-corrected chi connectivity index (χ4v) is 3.55. The van der Waals surface area contributed by atoms with Crippen LogP contribution < -0.4 is 4.67 Å². The first-order chi connectivity index (χ1) is 10.9. The van der Waals surface area contributed by atoms with Crippen LogP contribution in [0.15, 0.2) is 89.9 Å². The van der Waals surface area contributed by atoms with E-state index in [4.69, 9.17) is 4.99 Å². The highest BCUT2D eigenvalue weighted by molar-refractivity contribution is 7.05. The van der Waals surface area contributed by atoms with Gasteiger partial charge >= 0.3 is 0 Å². The van der Waals surface area contributed by atoms with E-state index in [0.717, 1.165) is 10.4 Å². The molecule has 2 nitrogen and oxygen atoms in total. The average Bonchev–Trinajstić information content (AvgIpc) is 2.96. The molecule has 1 aromatic heterocycles. The molecule has 0 saturated heterocycles. The topological polar surface area (TPSA) is 17.3 Å². The highest BCUT2D eigenvalue weighted by atomic mass is 32.1. The third kappa shape index (κ3) is 2.36. The molecule has 0 atom stereocenters. The Morgan fingerprint density at radius 1 is 0.682 bits per heavy atom. The summed E-state index contributed by atoms with van der Waals surface area (Å²) < 4.78 is 3.27. The van der Waals surface area contributed by atoms with E-state index in [2.05, 4.69) is 52.5 Å². The van der Waals surface area contributed by atoms with Crippen molar-refractivity contribution in [3.8, 4) is 5.69 Å². The summed E-state index contributed by atoms with van der Waals surface area (Å²) >= 11 is 1.67. The fraction of sp³-hybridized carbons (Fsp3) is 0. The summed E-state index contributed by atoms with van der Waals surface area (Å²) in [6.45, 7) is 0. The van der Waals surface area contributed by atoms with Crippen molar-refractivity contribution in [1.82, 2.24) is 3.96 Å². The summed E-state index contributed by atoms with van der Waals surface area (Å²) in [5, 5.41) is 1.18. The van der Waals surface area contributed by atoms with Crippen molar-refractivity contribution >= 4 is 28.1 Å². The third-order valence-electron chi connectivity index (χ3n) is 3.51. The molecule has 3 heteroatoms. The molecular weight excluding hydrogens is 288 g/mol. The molecule has 0 unspecified atom stereocenters. The second kappa shape index (κ2) is 5.62. The Morgan fingerprint density at radius 2 is 1.32 bits per heavy atom. The lowest BCUT2D eigenvalue weighted by atomic mass is 10.2. The molecule has 4 rings (SSSR count). The third-order valence-corrected chi connectivity index (χ3v) is 4.58. The van der Waals surface area contributed by atoms with Crippen LogP contribution >= 0.6 is 11.5 Å². The minimum Gasteiger partial charge on any atom is -0.264 e. The molecular formula is C19H14N2S. The van der Waals surface area contributed by atoms with Gasteiger partial charge in [0.2, 0.25) is 0 Å². The van der Waals surface area contributed by atoms with Crippen molar-refractivity contribution in [2.45, 2.75) is 0 Å². The van der Waals surface area contributed by atoms with E-state index in [1.807, 2.05) is 36.4 Å². The van der Waals surface area contributed by atoms with Crippen LogP contribution in [0, 0.1) is 0 Å². The SMILES string of the molecule is c1ccc(N=c2sn(-c3ccccc3)c3ccccc23)cc1. The van der Waals surface area contributed by atoms with Crippen molar-refractivity contribution in [1.29, 1.82) is 0 Å². The number of aromatic nitrogens is 1. The van der Waals surface area contributed by atoms with Gasteiger partial charge in [-0.3, -0.25) is 3.96 Å². The maximum absolute atomic E-state index is 4.81. The van der Waals surface area contributed by atoms with E-state index in [-0.39, 0.29) is 0 Å². The van der Waals surface area contributed by atoms with E-state index in [1.165, 1.54) is 16.6 Å². The molecule has 0 N–H and O–H groups in total. The van der Waals surface area contributed by atoms with Crippen molar-refractivity contribution in [2.75, 3.05) is 0 Å². The Bertz CT molecular complexity index is 966. The normalized spacial score (nSPS) is 11.9. The van der Waals surface area contributed by atoms with Crippen LogP contribution in [-0.4, -0.2) is 3.96 Å². The lowest BCUT2D eigenvalue weighted by molar-refractivity contribution is 1.26. The van der Waals surface area contributed by atoms with Gasteiger partial charge in [0.15, 0.2) is 0 Å².